The predicted octanol–water partition coefficient (Wildman–Crippen LogP) is 1.37. The van der Waals surface area contributed by atoms with Crippen molar-refractivity contribution in [3.8, 4) is 40.1 Å². The number of esters is 1. The van der Waals surface area contributed by atoms with Crippen LogP contribution in [0.4, 0.5) is 0 Å². The van der Waals surface area contributed by atoms with E-state index in [4.69, 9.17) is 13.9 Å². The standard InChI is InChI=1S/C28H24O13/c29-10-20-23(36)24(37)27(41-28(38)11-1-4-13(30)5-2-11)26(40-20)22-17(34)8-16(33)21-18(35)9-19(39-25(21)22)12-3-6-14(31)15(32)7-12/h1-9,20,23-24,26-27,29-34,36-37H,10H2. The predicted molar refractivity (Wildman–Crippen MR) is 139 cm³/mol. The van der Waals surface area contributed by atoms with Crippen molar-refractivity contribution in [2.24, 2.45) is 0 Å². The van der Waals surface area contributed by atoms with E-state index in [0.29, 0.717) is 0 Å². The van der Waals surface area contributed by atoms with Crippen LogP contribution in [0.2, 0.25) is 0 Å². The van der Waals surface area contributed by atoms with Gasteiger partial charge in [-0.1, -0.05) is 0 Å². The number of ether oxygens (including phenoxy) is 2. The molecule has 0 aliphatic carbocycles. The Kier molecular flexibility index (Phi) is 7.19. The Morgan fingerprint density at radius 1 is 0.829 bits per heavy atom. The molecule has 214 valence electrons. The molecule has 1 aliphatic heterocycles. The zero-order valence-electron chi connectivity index (χ0n) is 20.9. The molecule has 1 aliphatic rings. The van der Waals surface area contributed by atoms with Gasteiger partial charge < -0.3 is 54.7 Å². The number of carbonyl (C=O) groups is 1. The second kappa shape index (κ2) is 10.6. The van der Waals surface area contributed by atoms with Crippen LogP contribution in [0, 0.1) is 0 Å². The molecule has 0 radical (unpaired) electrons. The lowest BCUT2D eigenvalue weighted by Crippen LogP contribution is -2.56. The van der Waals surface area contributed by atoms with Crippen molar-refractivity contribution in [1.29, 1.82) is 0 Å². The Morgan fingerprint density at radius 2 is 1.54 bits per heavy atom. The number of aromatic hydroxyl groups is 5. The maximum atomic E-state index is 13.1. The summed E-state index contributed by atoms with van der Waals surface area (Å²) in [6.07, 6.45) is -8.48. The molecule has 1 aromatic heterocycles. The minimum Gasteiger partial charge on any atom is -0.508 e. The molecule has 5 rings (SSSR count). The number of fused-ring (bicyclic) bond motifs is 1. The highest BCUT2D eigenvalue weighted by molar-refractivity contribution is 5.91. The van der Waals surface area contributed by atoms with Gasteiger partial charge >= 0.3 is 5.97 Å². The average Bonchev–Trinajstić information content (AvgIpc) is 2.93. The minimum atomic E-state index is -1.88. The molecule has 1 saturated heterocycles. The molecule has 3 aromatic carbocycles. The zero-order chi connectivity index (χ0) is 29.6. The first-order valence-electron chi connectivity index (χ1n) is 12.2. The fraction of sp³-hybridized carbons (Fsp3) is 0.214. The van der Waals surface area contributed by atoms with Crippen molar-refractivity contribution in [1.82, 2.24) is 0 Å². The molecule has 1 fully saturated rings. The number of rotatable bonds is 5. The summed E-state index contributed by atoms with van der Waals surface area (Å²) < 4.78 is 17.1. The van der Waals surface area contributed by atoms with E-state index in [1.807, 2.05) is 0 Å². The Hall–Kier alpha value is -4.82. The summed E-state index contributed by atoms with van der Waals surface area (Å²) in [5.41, 5.74) is -1.54. The molecule has 8 N–H and O–H groups in total. The molecule has 4 aromatic rings. The maximum absolute atomic E-state index is 13.1. The lowest BCUT2D eigenvalue weighted by Gasteiger charge is -2.42. The van der Waals surface area contributed by atoms with E-state index >= 15 is 0 Å². The Labute approximate surface area is 229 Å². The topological polar surface area (TPSA) is 228 Å². The first kappa shape index (κ1) is 27.7. The third kappa shape index (κ3) is 4.98. The van der Waals surface area contributed by atoms with Gasteiger partial charge in [0.05, 0.1) is 17.7 Å². The highest BCUT2D eigenvalue weighted by Crippen LogP contribution is 2.45. The van der Waals surface area contributed by atoms with Gasteiger partial charge in [-0.05, 0) is 42.5 Å². The lowest BCUT2D eigenvalue weighted by molar-refractivity contribution is -0.231. The monoisotopic (exact) mass is 568 g/mol. The van der Waals surface area contributed by atoms with E-state index in [9.17, 15) is 50.4 Å². The molecule has 0 saturated carbocycles. The number of hydrogen-bond acceptors (Lipinski definition) is 13. The molecule has 2 heterocycles. The van der Waals surface area contributed by atoms with Crippen molar-refractivity contribution in [2.45, 2.75) is 30.5 Å². The van der Waals surface area contributed by atoms with Crippen LogP contribution in [0.15, 0.2) is 63.8 Å². The summed E-state index contributed by atoms with van der Waals surface area (Å²) in [7, 11) is 0. The van der Waals surface area contributed by atoms with Crippen LogP contribution in [0.3, 0.4) is 0 Å². The average molecular weight is 568 g/mol. The molecule has 41 heavy (non-hydrogen) atoms. The quantitative estimate of drug-likeness (QED) is 0.126. The van der Waals surface area contributed by atoms with Gasteiger partial charge in [0.2, 0.25) is 0 Å². The van der Waals surface area contributed by atoms with Crippen LogP contribution >= 0.6 is 0 Å². The molecule has 0 amide bonds. The van der Waals surface area contributed by atoms with Crippen LogP contribution in [0.25, 0.3) is 22.3 Å². The zero-order valence-corrected chi connectivity index (χ0v) is 20.9. The van der Waals surface area contributed by atoms with Crippen molar-refractivity contribution < 1.29 is 59.5 Å². The molecular formula is C28H24O13. The molecule has 5 unspecified atom stereocenters. The highest BCUT2D eigenvalue weighted by atomic mass is 16.6. The van der Waals surface area contributed by atoms with Gasteiger partial charge in [0.15, 0.2) is 28.6 Å². The maximum Gasteiger partial charge on any atom is 0.338 e. The van der Waals surface area contributed by atoms with Gasteiger partial charge in [-0.15, -0.1) is 0 Å². The van der Waals surface area contributed by atoms with Crippen molar-refractivity contribution in [2.75, 3.05) is 6.61 Å². The van der Waals surface area contributed by atoms with Gasteiger partial charge in [0, 0.05) is 17.7 Å². The molecular weight excluding hydrogens is 544 g/mol. The van der Waals surface area contributed by atoms with Crippen LogP contribution in [0.1, 0.15) is 22.0 Å². The fourth-order valence-corrected chi connectivity index (χ4v) is 4.66. The van der Waals surface area contributed by atoms with Gasteiger partial charge in [0.25, 0.3) is 0 Å². The Morgan fingerprint density at radius 3 is 2.20 bits per heavy atom. The third-order valence-corrected chi connectivity index (χ3v) is 6.76. The van der Waals surface area contributed by atoms with Crippen molar-refractivity contribution >= 4 is 16.9 Å². The number of aliphatic hydroxyl groups excluding tert-OH is 3. The SMILES string of the molecule is O=C(OC1C(c2c(O)cc(O)c3c(=O)cc(-c4ccc(O)c(O)c4)oc23)OC(CO)C(O)C1O)c1ccc(O)cc1. The number of carbonyl (C=O) groups excluding carboxylic acids is 1. The Balaban J connectivity index is 1.69. The minimum absolute atomic E-state index is 0.0479. The molecule has 13 heteroatoms. The van der Waals surface area contributed by atoms with E-state index in [2.05, 4.69) is 0 Å². The van der Waals surface area contributed by atoms with Crippen molar-refractivity contribution in [3.63, 3.8) is 0 Å². The fourth-order valence-electron chi connectivity index (χ4n) is 4.66. The van der Waals surface area contributed by atoms with Gasteiger partial charge in [-0.2, -0.15) is 0 Å². The summed E-state index contributed by atoms with van der Waals surface area (Å²) in [6, 6.07) is 10.3. The summed E-state index contributed by atoms with van der Waals surface area (Å²) in [5.74, 6) is -3.66. The number of aliphatic hydroxyl groups is 3. The van der Waals surface area contributed by atoms with E-state index in [0.717, 1.165) is 24.3 Å². The summed E-state index contributed by atoms with van der Waals surface area (Å²) in [4.78, 5) is 26.0. The van der Waals surface area contributed by atoms with Gasteiger partial charge in [-0.3, -0.25) is 4.79 Å². The smallest absolute Gasteiger partial charge is 0.338 e. The summed E-state index contributed by atoms with van der Waals surface area (Å²) >= 11 is 0. The number of benzene rings is 3. The van der Waals surface area contributed by atoms with Crippen LogP contribution < -0.4 is 5.43 Å². The molecule has 0 bridgehead atoms. The molecule has 0 spiro atoms. The van der Waals surface area contributed by atoms with Crippen LogP contribution in [0.5, 0.6) is 28.7 Å². The molecule has 13 nitrogen and oxygen atoms in total. The van der Waals surface area contributed by atoms with E-state index in [-0.39, 0.29) is 28.2 Å². The summed E-state index contributed by atoms with van der Waals surface area (Å²) in [6.45, 7) is -0.799. The van der Waals surface area contributed by atoms with Crippen molar-refractivity contribution in [3.05, 3.63) is 75.9 Å². The lowest BCUT2D eigenvalue weighted by atomic mass is 9.89. The second-order valence-electron chi connectivity index (χ2n) is 9.39. The largest absolute Gasteiger partial charge is 0.508 e. The molecule has 5 atom stereocenters. The number of phenolic OH excluding ortho intramolecular Hbond substituents is 5. The van der Waals surface area contributed by atoms with Crippen LogP contribution in [-0.2, 0) is 9.47 Å². The first-order chi connectivity index (χ1) is 19.5. The first-order valence-corrected chi connectivity index (χ1v) is 12.2. The van der Waals surface area contributed by atoms with Crippen LogP contribution in [-0.4, -0.2) is 77.8 Å². The van der Waals surface area contributed by atoms with E-state index in [1.165, 1.54) is 30.3 Å². The number of phenols is 5. The normalized spacial score (nSPS) is 22.5. The second-order valence-corrected chi connectivity index (χ2v) is 9.39. The van der Waals surface area contributed by atoms with E-state index in [1.54, 1.807) is 0 Å². The summed E-state index contributed by atoms with van der Waals surface area (Å²) in [5, 5.41) is 81.4. The van der Waals surface area contributed by atoms with E-state index < -0.39 is 82.5 Å². The highest BCUT2D eigenvalue weighted by Gasteiger charge is 2.49. The van der Waals surface area contributed by atoms with Gasteiger partial charge in [-0.25, -0.2) is 4.79 Å². The Bertz CT molecular complexity index is 1680. The van der Waals surface area contributed by atoms with Gasteiger partial charge in [0.1, 0.15) is 52.8 Å². The number of hydrogen-bond donors (Lipinski definition) is 8. The third-order valence-electron chi connectivity index (χ3n) is 6.76.